The fraction of sp³-hybridized carbons (Fsp3) is 0. The zero-order valence-corrected chi connectivity index (χ0v) is 10.1. The van der Waals surface area contributed by atoms with Gasteiger partial charge in [-0.2, -0.15) is 0 Å². The predicted molar refractivity (Wildman–Crippen MR) is 63.2 cm³/mol. The number of hydrogen-bond donors (Lipinski definition) is 1. The largest absolute Gasteiger partial charge is 0.478 e. The first-order valence-corrected chi connectivity index (χ1v) is 5.43. The Morgan fingerprint density at radius 2 is 2.18 bits per heavy atom. The van der Waals surface area contributed by atoms with E-state index >= 15 is 0 Å². The second-order valence-corrected chi connectivity index (χ2v) is 4.01. The van der Waals surface area contributed by atoms with Crippen LogP contribution in [0.2, 0.25) is 0 Å². The van der Waals surface area contributed by atoms with Gasteiger partial charge in [0.15, 0.2) is 0 Å². The molecule has 0 spiro atoms. The van der Waals surface area contributed by atoms with Gasteiger partial charge < -0.3 is 9.84 Å². The van der Waals surface area contributed by atoms with Crippen LogP contribution in [0.5, 0.6) is 11.6 Å². The standard InChI is InChI=1S/C11H7BrN2O3/c12-7-1-2-9(8(5-7)11(15)16)17-10-3-4-13-6-14-10/h1-6H,(H,15,16). The van der Waals surface area contributed by atoms with Crippen LogP contribution in [0.3, 0.4) is 0 Å². The van der Waals surface area contributed by atoms with Crippen LogP contribution in [-0.2, 0) is 0 Å². The molecule has 0 saturated heterocycles. The third-order valence-corrected chi connectivity index (χ3v) is 2.43. The molecule has 0 fully saturated rings. The van der Waals surface area contributed by atoms with Gasteiger partial charge in [-0.25, -0.2) is 14.8 Å². The molecule has 1 aromatic carbocycles. The van der Waals surface area contributed by atoms with Gasteiger partial charge in [-0.15, -0.1) is 0 Å². The van der Waals surface area contributed by atoms with Gasteiger partial charge in [0.2, 0.25) is 5.88 Å². The summed E-state index contributed by atoms with van der Waals surface area (Å²) in [7, 11) is 0. The second-order valence-electron chi connectivity index (χ2n) is 3.10. The van der Waals surface area contributed by atoms with Crippen LogP contribution >= 0.6 is 15.9 Å². The van der Waals surface area contributed by atoms with E-state index in [4.69, 9.17) is 9.84 Å². The average Bonchev–Trinajstić information content (AvgIpc) is 2.32. The van der Waals surface area contributed by atoms with Gasteiger partial charge in [-0.1, -0.05) is 15.9 Å². The minimum atomic E-state index is -1.06. The van der Waals surface area contributed by atoms with E-state index in [-0.39, 0.29) is 11.3 Å². The van der Waals surface area contributed by atoms with Crippen LogP contribution < -0.4 is 4.74 Å². The van der Waals surface area contributed by atoms with Crippen molar-refractivity contribution in [1.82, 2.24) is 9.97 Å². The number of carboxylic acids is 1. The third-order valence-electron chi connectivity index (χ3n) is 1.94. The Labute approximate surface area is 105 Å². The molecule has 1 heterocycles. The summed E-state index contributed by atoms with van der Waals surface area (Å²) >= 11 is 3.21. The lowest BCUT2D eigenvalue weighted by Gasteiger charge is -2.07. The summed E-state index contributed by atoms with van der Waals surface area (Å²) in [5, 5.41) is 9.03. The Bertz CT molecular complexity index is 546. The Kier molecular flexibility index (Phi) is 3.34. The molecule has 0 unspecified atom stereocenters. The Hall–Kier alpha value is -1.95. The molecule has 0 saturated carbocycles. The monoisotopic (exact) mass is 294 g/mol. The Balaban J connectivity index is 2.36. The van der Waals surface area contributed by atoms with Crippen LogP contribution in [0.1, 0.15) is 10.4 Å². The van der Waals surface area contributed by atoms with Crippen molar-refractivity contribution in [2.75, 3.05) is 0 Å². The number of nitrogens with zero attached hydrogens (tertiary/aromatic N) is 2. The average molecular weight is 295 g/mol. The number of carboxylic acid groups (broad SMARTS) is 1. The van der Waals surface area contributed by atoms with Gasteiger partial charge in [0, 0.05) is 16.7 Å². The van der Waals surface area contributed by atoms with Crippen molar-refractivity contribution < 1.29 is 14.6 Å². The van der Waals surface area contributed by atoms with Crippen molar-refractivity contribution in [3.63, 3.8) is 0 Å². The summed E-state index contributed by atoms with van der Waals surface area (Å²) in [5.41, 5.74) is 0.0676. The van der Waals surface area contributed by atoms with E-state index in [2.05, 4.69) is 25.9 Å². The van der Waals surface area contributed by atoms with E-state index in [1.54, 1.807) is 18.2 Å². The van der Waals surface area contributed by atoms with Crippen molar-refractivity contribution in [2.24, 2.45) is 0 Å². The quantitative estimate of drug-likeness (QED) is 0.942. The third kappa shape index (κ3) is 2.79. The molecule has 0 bridgehead atoms. The number of aromatic carboxylic acids is 1. The fourth-order valence-corrected chi connectivity index (χ4v) is 1.57. The zero-order chi connectivity index (χ0) is 12.3. The molecular formula is C11H7BrN2O3. The van der Waals surface area contributed by atoms with Gasteiger partial charge in [-0.3, -0.25) is 0 Å². The molecule has 1 N–H and O–H groups in total. The molecule has 17 heavy (non-hydrogen) atoms. The van der Waals surface area contributed by atoms with Crippen molar-refractivity contribution in [3.05, 3.63) is 46.8 Å². The highest BCUT2D eigenvalue weighted by atomic mass is 79.9. The first-order valence-electron chi connectivity index (χ1n) is 4.63. The maximum atomic E-state index is 11.0. The number of aromatic nitrogens is 2. The molecule has 86 valence electrons. The van der Waals surface area contributed by atoms with Crippen LogP contribution in [-0.4, -0.2) is 21.0 Å². The van der Waals surface area contributed by atoms with E-state index in [1.807, 2.05) is 0 Å². The van der Waals surface area contributed by atoms with Gasteiger partial charge >= 0.3 is 5.97 Å². The second kappa shape index (κ2) is 4.92. The summed E-state index contributed by atoms with van der Waals surface area (Å²) in [5.74, 6) is -0.528. The molecule has 0 aliphatic heterocycles. The molecule has 0 aliphatic carbocycles. The van der Waals surface area contributed by atoms with Crippen LogP contribution in [0, 0.1) is 0 Å². The molecule has 0 atom stereocenters. The van der Waals surface area contributed by atoms with Crippen molar-refractivity contribution in [1.29, 1.82) is 0 Å². The first-order chi connectivity index (χ1) is 8.16. The first kappa shape index (κ1) is 11.5. The van der Waals surface area contributed by atoms with Crippen molar-refractivity contribution >= 4 is 21.9 Å². The lowest BCUT2D eigenvalue weighted by Crippen LogP contribution is -2.00. The molecular weight excluding hydrogens is 288 g/mol. The summed E-state index contributed by atoms with van der Waals surface area (Å²) in [6, 6.07) is 6.28. The number of halogens is 1. The highest BCUT2D eigenvalue weighted by molar-refractivity contribution is 9.10. The number of rotatable bonds is 3. The van der Waals surface area contributed by atoms with E-state index < -0.39 is 5.97 Å². The number of benzene rings is 1. The Morgan fingerprint density at radius 1 is 1.35 bits per heavy atom. The molecule has 6 heteroatoms. The summed E-state index contributed by atoms with van der Waals surface area (Å²) < 4.78 is 6.04. The highest BCUT2D eigenvalue weighted by Crippen LogP contribution is 2.26. The smallest absolute Gasteiger partial charge is 0.339 e. The molecule has 5 nitrogen and oxygen atoms in total. The van der Waals surface area contributed by atoms with Crippen molar-refractivity contribution in [3.8, 4) is 11.6 Å². The van der Waals surface area contributed by atoms with Gasteiger partial charge in [-0.05, 0) is 18.2 Å². The topological polar surface area (TPSA) is 72.3 Å². The molecule has 1 aromatic heterocycles. The number of ether oxygens (including phenoxy) is 1. The van der Waals surface area contributed by atoms with Gasteiger partial charge in [0.05, 0.1) is 0 Å². The minimum Gasteiger partial charge on any atom is -0.478 e. The maximum absolute atomic E-state index is 11.0. The lowest BCUT2D eigenvalue weighted by molar-refractivity contribution is 0.0694. The molecule has 2 aromatic rings. The van der Waals surface area contributed by atoms with Crippen molar-refractivity contribution in [2.45, 2.75) is 0 Å². The molecule has 0 aliphatic rings. The summed E-state index contributed by atoms with van der Waals surface area (Å²) in [6.45, 7) is 0. The lowest BCUT2D eigenvalue weighted by atomic mass is 10.2. The number of carbonyl (C=O) groups is 1. The Morgan fingerprint density at radius 3 is 2.82 bits per heavy atom. The van der Waals surface area contributed by atoms with Gasteiger partial charge in [0.1, 0.15) is 17.6 Å². The molecule has 2 rings (SSSR count). The molecule has 0 radical (unpaired) electrons. The van der Waals surface area contributed by atoms with Crippen LogP contribution in [0.4, 0.5) is 0 Å². The predicted octanol–water partition coefficient (Wildman–Crippen LogP) is 2.73. The van der Waals surface area contributed by atoms with Crippen LogP contribution in [0.25, 0.3) is 0 Å². The van der Waals surface area contributed by atoms with E-state index in [1.165, 1.54) is 18.6 Å². The normalized spacial score (nSPS) is 9.94. The van der Waals surface area contributed by atoms with E-state index in [0.29, 0.717) is 10.4 Å². The molecule has 0 amide bonds. The fourth-order valence-electron chi connectivity index (χ4n) is 1.21. The maximum Gasteiger partial charge on any atom is 0.339 e. The SMILES string of the molecule is O=C(O)c1cc(Br)ccc1Oc1ccncn1. The van der Waals surface area contributed by atoms with Gasteiger partial charge in [0.25, 0.3) is 0 Å². The zero-order valence-electron chi connectivity index (χ0n) is 8.50. The summed E-state index contributed by atoms with van der Waals surface area (Å²) in [4.78, 5) is 18.6. The minimum absolute atomic E-state index is 0.0676. The number of hydrogen-bond acceptors (Lipinski definition) is 4. The van der Waals surface area contributed by atoms with E-state index in [9.17, 15) is 4.79 Å². The van der Waals surface area contributed by atoms with E-state index in [0.717, 1.165) is 0 Å². The highest BCUT2D eigenvalue weighted by Gasteiger charge is 2.12. The summed E-state index contributed by atoms with van der Waals surface area (Å²) in [6.07, 6.45) is 2.84. The van der Waals surface area contributed by atoms with Crippen LogP contribution in [0.15, 0.2) is 41.3 Å².